The third-order valence-corrected chi connectivity index (χ3v) is 2.35. The highest BCUT2D eigenvalue weighted by Gasteiger charge is 2.47. The Morgan fingerprint density at radius 2 is 1.93 bits per heavy atom. The molecule has 88 valence electrons. The molecule has 0 amide bonds. The van der Waals surface area contributed by atoms with Gasteiger partial charge in [0.2, 0.25) is 6.10 Å². The summed E-state index contributed by atoms with van der Waals surface area (Å²) >= 11 is 0. The molecule has 6 heteroatoms. The molecule has 0 bridgehead atoms. The van der Waals surface area contributed by atoms with E-state index < -0.39 is 26.4 Å². The number of halogens is 3. The number of hydrogen-bond acceptors (Lipinski definition) is 2. The van der Waals surface area contributed by atoms with Crippen LogP contribution >= 0.6 is 0 Å². The number of rotatable bonds is 5. The molecular weight excluding hydrogens is 225 g/mol. The molecule has 15 heavy (non-hydrogen) atoms. The standard InChI is InChI=1S/C9H15F3O2Si/c1-5-6-7(13)8(9(10,11)12)14-15(2,3)4/h5,8H,1,6H2,2-4H3. The van der Waals surface area contributed by atoms with Gasteiger partial charge in [-0.3, -0.25) is 4.79 Å². The summed E-state index contributed by atoms with van der Waals surface area (Å²) in [6, 6.07) is 0. The van der Waals surface area contributed by atoms with E-state index in [0.29, 0.717) is 0 Å². The van der Waals surface area contributed by atoms with E-state index in [4.69, 9.17) is 4.43 Å². The number of Topliss-reactive ketones (excluding diaryl/α,β-unsaturated/α-hetero) is 1. The molecule has 1 unspecified atom stereocenters. The van der Waals surface area contributed by atoms with Gasteiger partial charge in [-0.1, -0.05) is 6.08 Å². The first-order valence-corrected chi connectivity index (χ1v) is 7.87. The number of alkyl halides is 3. The zero-order valence-corrected chi connectivity index (χ0v) is 10.0. The van der Waals surface area contributed by atoms with E-state index in [2.05, 4.69) is 6.58 Å². The monoisotopic (exact) mass is 240 g/mol. The Morgan fingerprint density at radius 3 is 2.20 bits per heavy atom. The molecule has 0 aliphatic heterocycles. The van der Waals surface area contributed by atoms with Crippen LogP contribution in [0.15, 0.2) is 12.7 Å². The summed E-state index contributed by atoms with van der Waals surface area (Å²) < 4.78 is 42.2. The molecule has 0 aliphatic carbocycles. The largest absolute Gasteiger partial charge is 0.420 e. The second-order valence-electron chi connectivity index (χ2n) is 4.11. The maximum absolute atomic E-state index is 12.5. The first kappa shape index (κ1) is 14.4. The van der Waals surface area contributed by atoms with E-state index in [1.165, 1.54) is 0 Å². The van der Waals surface area contributed by atoms with Gasteiger partial charge in [0, 0.05) is 6.42 Å². The van der Waals surface area contributed by atoms with Crippen LogP contribution in [-0.4, -0.2) is 26.4 Å². The van der Waals surface area contributed by atoms with Crippen LogP contribution in [0.1, 0.15) is 6.42 Å². The molecular formula is C9H15F3O2Si. The van der Waals surface area contributed by atoms with Gasteiger partial charge in [0.15, 0.2) is 14.1 Å². The van der Waals surface area contributed by atoms with Crippen molar-refractivity contribution in [2.24, 2.45) is 0 Å². The van der Waals surface area contributed by atoms with Crippen LogP contribution < -0.4 is 0 Å². The van der Waals surface area contributed by atoms with Crippen molar-refractivity contribution in [2.75, 3.05) is 0 Å². The van der Waals surface area contributed by atoms with Gasteiger partial charge in [0.25, 0.3) is 0 Å². The van der Waals surface area contributed by atoms with Crippen molar-refractivity contribution in [3.05, 3.63) is 12.7 Å². The third kappa shape index (κ3) is 5.73. The van der Waals surface area contributed by atoms with Crippen LogP contribution in [0, 0.1) is 0 Å². The average molecular weight is 240 g/mol. The topological polar surface area (TPSA) is 26.3 Å². The minimum absolute atomic E-state index is 0.325. The van der Waals surface area contributed by atoms with E-state index in [-0.39, 0.29) is 6.42 Å². The van der Waals surface area contributed by atoms with Gasteiger partial charge in [-0.15, -0.1) is 6.58 Å². The molecule has 1 atom stereocenters. The van der Waals surface area contributed by atoms with Crippen molar-refractivity contribution in [1.29, 1.82) is 0 Å². The average Bonchev–Trinajstić information content (AvgIpc) is 1.97. The fourth-order valence-electron chi connectivity index (χ4n) is 0.918. The molecule has 0 rings (SSSR count). The molecule has 2 nitrogen and oxygen atoms in total. The highest BCUT2D eigenvalue weighted by atomic mass is 28.4. The minimum Gasteiger partial charge on any atom is -0.400 e. The van der Waals surface area contributed by atoms with Crippen LogP contribution in [0.25, 0.3) is 0 Å². The molecule has 0 aromatic carbocycles. The highest BCUT2D eigenvalue weighted by Crippen LogP contribution is 2.27. The molecule has 0 saturated heterocycles. The normalized spacial score (nSPS) is 14.8. The summed E-state index contributed by atoms with van der Waals surface area (Å²) in [7, 11) is -2.40. The summed E-state index contributed by atoms with van der Waals surface area (Å²) in [5.41, 5.74) is 0. The van der Waals surface area contributed by atoms with E-state index in [0.717, 1.165) is 6.08 Å². The molecule has 0 radical (unpaired) electrons. The van der Waals surface area contributed by atoms with Crippen molar-refractivity contribution in [2.45, 2.75) is 38.3 Å². The third-order valence-electron chi connectivity index (χ3n) is 1.41. The lowest BCUT2D eigenvalue weighted by Gasteiger charge is -2.26. The summed E-state index contributed by atoms with van der Waals surface area (Å²) in [5, 5.41) is 0. The number of carbonyl (C=O) groups is 1. The van der Waals surface area contributed by atoms with Crippen molar-refractivity contribution in [1.82, 2.24) is 0 Å². The molecule has 0 aromatic rings. The van der Waals surface area contributed by atoms with E-state index in [1.807, 2.05) is 0 Å². The Hall–Kier alpha value is -0.623. The smallest absolute Gasteiger partial charge is 0.400 e. The van der Waals surface area contributed by atoms with Gasteiger partial charge < -0.3 is 4.43 Å². The summed E-state index contributed by atoms with van der Waals surface area (Å²) in [4.78, 5) is 11.2. The van der Waals surface area contributed by atoms with Gasteiger partial charge in [-0.05, 0) is 19.6 Å². The molecule has 0 aliphatic rings. The van der Waals surface area contributed by atoms with Gasteiger partial charge >= 0.3 is 6.18 Å². The second kappa shape index (κ2) is 4.94. The number of ketones is 1. The lowest BCUT2D eigenvalue weighted by molar-refractivity contribution is -0.198. The van der Waals surface area contributed by atoms with Crippen LogP contribution in [0.4, 0.5) is 13.2 Å². The number of hydrogen-bond donors (Lipinski definition) is 0. The minimum atomic E-state index is -4.64. The van der Waals surface area contributed by atoms with Gasteiger partial charge in [-0.2, -0.15) is 13.2 Å². The maximum Gasteiger partial charge on any atom is 0.420 e. The van der Waals surface area contributed by atoms with Crippen LogP contribution in [-0.2, 0) is 9.22 Å². The van der Waals surface area contributed by atoms with Crippen molar-refractivity contribution >= 4 is 14.1 Å². The molecule has 0 saturated carbocycles. The molecule has 0 fully saturated rings. The summed E-state index contributed by atoms with van der Waals surface area (Å²) in [6.07, 6.45) is -6.12. The predicted octanol–water partition coefficient (Wildman–Crippen LogP) is 2.91. The predicted molar refractivity (Wildman–Crippen MR) is 54.1 cm³/mol. The van der Waals surface area contributed by atoms with Crippen LogP contribution in [0.5, 0.6) is 0 Å². The SMILES string of the molecule is C=CCC(=O)C(O[Si](C)(C)C)C(F)(F)F. The summed E-state index contributed by atoms with van der Waals surface area (Å²) in [5.74, 6) is -0.986. The Bertz CT molecular complexity index is 243. The van der Waals surface area contributed by atoms with Crippen LogP contribution in [0.3, 0.4) is 0 Å². The highest BCUT2D eigenvalue weighted by molar-refractivity contribution is 6.69. The van der Waals surface area contributed by atoms with Crippen LogP contribution in [0.2, 0.25) is 19.6 Å². The Morgan fingerprint density at radius 1 is 1.47 bits per heavy atom. The number of carbonyl (C=O) groups excluding carboxylic acids is 1. The van der Waals surface area contributed by atoms with Gasteiger partial charge in [0.05, 0.1) is 0 Å². The lowest BCUT2D eigenvalue weighted by atomic mass is 10.1. The van der Waals surface area contributed by atoms with Crippen molar-refractivity contribution in [3.8, 4) is 0 Å². The van der Waals surface area contributed by atoms with Crippen molar-refractivity contribution < 1.29 is 22.4 Å². The number of allylic oxidation sites excluding steroid dienone is 1. The summed E-state index contributed by atoms with van der Waals surface area (Å²) in [6.45, 7) is 8.04. The van der Waals surface area contributed by atoms with E-state index in [1.54, 1.807) is 19.6 Å². The van der Waals surface area contributed by atoms with Crippen molar-refractivity contribution in [3.63, 3.8) is 0 Å². The Balaban J connectivity index is 4.75. The quantitative estimate of drug-likeness (QED) is 0.545. The first-order chi connectivity index (χ1) is 6.58. The molecule has 0 heterocycles. The lowest BCUT2D eigenvalue weighted by Crippen LogP contribution is -2.45. The molecule has 0 aromatic heterocycles. The first-order valence-electron chi connectivity index (χ1n) is 4.46. The van der Waals surface area contributed by atoms with Gasteiger partial charge in [0.1, 0.15) is 0 Å². The Labute approximate surface area is 88.2 Å². The fraction of sp³-hybridized carbons (Fsp3) is 0.667. The Kier molecular flexibility index (Phi) is 4.73. The zero-order valence-electron chi connectivity index (χ0n) is 9.02. The van der Waals surface area contributed by atoms with E-state index >= 15 is 0 Å². The van der Waals surface area contributed by atoms with Gasteiger partial charge in [-0.25, -0.2) is 0 Å². The second-order valence-corrected chi connectivity index (χ2v) is 8.57. The fourth-order valence-corrected chi connectivity index (χ4v) is 1.89. The maximum atomic E-state index is 12.5. The van der Waals surface area contributed by atoms with E-state index in [9.17, 15) is 18.0 Å². The molecule has 0 spiro atoms. The zero-order chi connectivity index (χ0) is 12.3. The molecule has 0 N–H and O–H groups in total.